The van der Waals surface area contributed by atoms with E-state index in [1.165, 1.54) is 31.3 Å². The molecule has 2 N–H and O–H groups in total. The average Bonchev–Trinajstić information content (AvgIpc) is 3.42. The highest BCUT2D eigenvalue weighted by atomic mass is 16.5. The van der Waals surface area contributed by atoms with Crippen LogP contribution >= 0.6 is 0 Å². The number of morpholine rings is 1. The topological polar surface area (TPSA) is 105 Å². The highest BCUT2D eigenvalue weighted by Gasteiger charge is 2.71. The molecule has 52 heavy (non-hydrogen) atoms. The normalized spacial score (nSPS) is 41.5. The number of fused-ring (bicyclic) bond motifs is 7. The first-order chi connectivity index (χ1) is 24.3. The van der Waals surface area contributed by atoms with Crippen molar-refractivity contribution in [1.29, 1.82) is 0 Å². The quantitative estimate of drug-likeness (QED) is 0.163. The molecule has 0 spiro atoms. The van der Waals surface area contributed by atoms with Crippen molar-refractivity contribution in [2.45, 2.75) is 145 Å². The first-order valence-corrected chi connectivity index (χ1v) is 20.9. The summed E-state index contributed by atoms with van der Waals surface area (Å²) in [6, 6.07) is 0. The molecule has 0 bridgehead atoms. The number of nitrogens with one attached hydrogen (secondary N) is 1. The predicted molar refractivity (Wildman–Crippen MR) is 204 cm³/mol. The molecular formula is C44H72N2O6. The molecule has 6 rings (SSSR count). The fourth-order valence-electron chi connectivity index (χ4n) is 14.4. The lowest BCUT2D eigenvalue weighted by atomic mass is 9.32. The molecule has 6 aliphatic rings. The summed E-state index contributed by atoms with van der Waals surface area (Å²) in [7, 11) is 0. The van der Waals surface area contributed by atoms with Gasteiger partial charge in [0.25, 0.3) is 0 Å². The number of nitrogens with zero attached hydrogens (tertiary/aromatic N) is 1. The molecule has 5 aliphatic carbocycles. The van der Waals surface area contributed by atoms with E-state index < -0.39 is 11.4 Å². The minimum Gasteiger partial charge on any atom is -0.481 e. The van der Waals surface area contributed by atoms with Crippen molar-refractivity contribution in [1.82, 2.24) is 10.2 Å². The zero-order valence-electron chi connectivity index (χ0n) is 34.0. The lowest BCUT2D eigenvalue weighted by Crippen LogP contribution is -2.67. The summed E-state index contributed by atoms with van der Waals surface area (Å²) in [5.41, 5.74) is 1.14. The van der Waals surface area contributed by atoms with Crippen LogP contribution in [0.5, 0.6) is 0 Å². The second-order valence-electron chi connectivity index (χ2n) is 20.8. The van der Waals surface area contributed by atoms with Crippen molar-refractivity contribution in [2.75, 3.05) is 39.4 Å². The Kier molecular flexibility index (Phi) is 10.9. The van der Waals surface area contributed by atoms with Crippen LogP contribution in [-0.2, 0) is 23.9 Å². The summed E-state index contributed by atoms with van der Waals surface area (Å²) >= 11 is 0. The molecule has 0 aromatic carbocycles. The Labute approximate surface area is 315 Å². The van der Waals surface area contributed by atoms with E-state index in [1.54, 1.807) is 0 Å². The van der Waals surface area contributed by atoms with Crippen LogP contribution in [0.25, 0.3) is 0 Å². The molecule has 0 radical (unpaired) electrons. The lowest BCUT2D eigenvalue weighted by Gasteiger charge is -2.73. The monoisotopic (exact) mass is 725 g/mol. The highest BCUT2D eigenvalue weighted by molar-refractivity contribution is 5.77. The van der Waals surface area contributed by atoms with Crippen molar-refractivity contribution in [3.05, 3.63) is 12.2 Å². The lowest BCUT2D eigenvalue weighted by molar-refractivity contribution is -0.250. The molecule has 1 aliphatic heterocycles. The van der Waals surface area contributed by atoms with E-state index in [0.717, 1.165) is 71.4 Å². The van der Waals surface area contributed by atoms with Gasteiger partial charge >= 0.3 is 11.9 Å². The van der Waals surface area contributed by atoms with Gasteiger partial charge in [-0.15, -0.1) is 0 Å². The van der Waals surface area contributed by atoms with Crippen LogP contribution in [0.1, 0.15) is 139 Å². The van der Waals surface area contributed by atoms with Crippen LogP contribution in [0.3, 0.4) is 0 Å². The number of carbonyl (C=O) groups is 3. The first-order valence-electron chi connectivity index (χ1n) is 20.9. The third-order valence-corrected chi connectivity index (χ3v) is 17.1. The molecule has 5 saturated carbocycles. The molecule has 1 heterocycles. The first kappa shape index (κ1) is 39.8. The van der Waals surface area contributed by atoms with Gasteiger partial charge in [-0.25, -0.2) is 0 Å². The molecule has 0 aromatic rings. The number of ether oxygens (including phenoxy) is 2. The number of carboxylic acid groups (broad SMARTS) is 1. The van der Waals surface area contributed by atoms with Crippen molar-refractivity contribution < 1.29 is 29.0 Å². The Balaban J connectivity index is 1.18. The van der Waals surface area contributed by atoms with Gasteiger partial charge in [0.2, 0.25) is 5.91 Å². The Bertz CT molecular complexity index is 1390. The van der Waals surface area contributed by atoms with E-state index in [9.17, 15) is 19.5 Å². The van der Waals surface area contributed by atoms with Crippen molar-refractivity contribution >= 4 is 17.8 Å². The molecular weight excluding hydrogens is 652 g/mol. The zero-order valence-corrected chi connectivity index (χ0v) is 34.0. The van der Waals surface area contributed by atoms with Crippen LogP contribution in [0.2, 0.25) is 0 Å². The van der Waals surface area contributed by atoms with E-state index in [2.05, 4.69) is 58.3 Å². The third kappa shape index (κ3) is 6.92. The largest absolute Gasteiger partial charge is 0.481 e. The van der Waals surface area contributed by atoms with Gasteiger partial charge in [-0.05, 0) is 128 Å². The number of hydrogen-bond donors (Lipinski definition) is 2. The number of rotatable bonds is 11. The summed E-state index contributed by atoms with van der Waals surface area (Å²) in [5.74, 6) is 1.74. The number of amides is 1. The van der Waals surface area contributed by atoms with E-state index in [4.69, 9.17) is 9.47 Å². The Morgan fingerprint density at radius 1 is 0.885 bits per heavy atom. The Morgan fingerprint density at radius 3 is 2.27 bits per heavy atom. The molecule has 6 fully saturated rings. The maximum absolute atomic E-state index is 13.7. The third-order valence-electron chi connectivity index (χ3n) is 17.1. The number of aliphatic carboxylic acids is 1. The van der Waals surface area contributed by atoms with Gasteiger partial charge in [0.05, 0.1) is 26.1 Å². The second kappa shape index (κ2) is 14.3. The minimum absolute atomic E-state index is 0.0471. The van der Waals surface area contributed by atoms with Gasteiger partial charge in [0.15, 0.2) is 0 Å². The van der Waals surface area contributed by atoms with E-state index in [1.807, 2.05) is 13.8 Å². The number of hydrogen-bond acceptors (Lipinski definition) is 6. The maximum Gasteiger partial charge on any atom is 0.306 e. The van der Waals surface area contributed by atoms with Crippen LogP contribution in [0, 0.1) is 62.1 Å². The van der Waals surface area contributed by atoms with E-state index >= 15 is 0 Å². The number of carbonyl (C=O) groups excluding carboxylic acids is 2. The van der Waals surface area contributed by atoms with E-state index in [-0.39, 0.29) is 57.9 Å². The smallest absolute Gasteiger partial charge is 0.306 e. The standard InChI is InChI=1S/C44H72N2O6/c1-29(2)30-12-17-44(26-35(47)45-20-21-46-22-24-51-25-23-46)19-18-42(8)31(38(30)44)10-11-33-41(7)15-14-34(40(5,6)32(41)13-16-43(33,42)9)52-37(50)28-39(3,4)27-36(48)49/h30-34,38H,1,10-28H2,2-9H3,(H,45,47)(H,48,49)/t30-,31+,32-,33+,34-,38+,41-,42+,43+,44+/m0/s1. The number of carboxylic acids is 1. The van der Waals surface area contributed by atoms with Crippen LogP contribution in [0.4, 0.5) is 0 Å². The molecule has 1 saturated heterocycles. The summed E-state index contributed by atoms with van der Waals surface area (Å²) < 4.78 is 11.8. The molecule has 8 heteroatoms. The molecule has 8 nitrogen and oxygen atoms in total. The van der Waals surface area contributed by atoms with Gasteiger partial charge in [0, 0.05) is 38.0 Å². The van der Waals surface area contributed by atoms with E-state index in [0.29, 0.717) is 42.6 Å². The van der Waals surface area contributed by atoms with Gasteiger partial charge in [0.1, 0.15) is 6.10 Å². The molecule has 1 amide bonds. The average molecular weight is 725 g/mol. The van der Waals surface area contributed by atoms with Crippen LogP contribution in [-0.4, -0.2) is 73.3 Å². The molecule has 0 aromatic heterocycles. The van der Waals surface area contributed by atoms with Gasteiger partial charge < -0.3 is 19.9 Å². The Hall–Kier alpha value is -1.93. The fourth-order valence-corrected chi connectivity index (χ4v) is 14.4. The summed E-state index contributed by atoms with van der Waals surface area (Å²) in [4.78, 5) is 40.8. The minimum atomic E-state index is -0.882. The van der Waals surface area contributed by atoms with Gasteiger partial charge in [-0.2, -0.15) is 0 Å². The van der Waals surface area contributed by atoms with Crippen molar-refractivity contribution in [3.63, 3.8) is 0 Å². The number of allylic oxidation sites excluding steroid dienone is 1. The fraction of sp³-hybridized carbons (Fsp3) is 0.886. The highest BCUT2D eigenvalue weighted by Crippen LogP contribution is 2.78. The summed E-state index contributed by atoms with van der Waals surface area (Å²) in [6.07, 6.45) is 11.9. The SMILES string of the molecule is C=C(C)[C@@H]1CC[C@]2(CC(=O)NCCN3CCOCC3)CC[C@]3(C)[C@H](CC[C@@H]4[C@@]5(C)CC[C@H](OC(=O)CC(C)(C)CC(=O)O)C(C)(C)[C@@H]5CC[C@]43C)[C@@H]12. The van der Waals surface area contributed by atoms with Crippen molar-refractivity contribution in [3.8, 4) is 0 Å². The van der Waals surface area contributed by atoms with Crippen LogP contribution in [0.15, 0.2) is 12.2 Å². The zero-order chi connectivity index (χ0) is 37.9. The maximum atomic E-state index is 13.7. The van der Waals surface area contributed by atoms with Crippen molar-refractivity contribution in [2.24, 2.45) is 62.1 Å². The van der Waals surface area contributed by atoms with Gasteiger partial charge in [-0.1, -0.05) is 60.6 Å². The second-order valence-corrected chi connectivity index (χ2v) is 20.8. The predicted octanol–water partition coefficient (Wildman–Crippen LogP) is 8.29. The molecule has 0 unspecified atom stereocenters. The Morgan fingerprint density at radius 2 is 1.60 bits per heavy atom. The number of esters is 1. The summed E-state index contributed by atoms with van der Waals surface area (Å²) in [5, 5.41) is 12.7. The van der Waals surface area contributed by atoms with Crippen LogP contribution < -0.4 is 5.32 Å². The summed E-state index contributed by atoms with van der Waals surface area (Å²) in [6.45, 7) is 28.1. The molecule has 10 atom stereocenters. The molecule has 294 valence electrons. The van der Waals surface area contributed by atoms with Gasteiger partial charge in [-0.3, -0.25) is 19.3 Å².